The van der Waals surface area contributed by atoms with Crippen molar-refractivity contribution in [1.29, 1.82) is 0 Å². The van der Waals surface area contributed by atoms with Gasteiger partial charge in [-0.2, -0.15) is 23.5 Å². The van der Waals surface area contributed by atoms with Gasteiger partial charge in [0.25, 0.3) is 0 Å². The first-order chi connectivity index (χ1) is 8.33. The molecule has 2 fully saturated rings. The third-order valence-electron chi connectivity index (χ3n) is 4.19. The van der Waals surface area contributed by atoms with Crippen LogP contribution < -0.4 is 5.32 Å². The van der Waals surface area contributed by atoms with Gasteiger partial charge in [-0.3, -0.25) is 0 Å². The molecule has 2 rings (SSSR count). The predicted molar refractivity (Wildman–Crippen MR) is 82.2 cm³/mol. The molecule has 0 aromatic heterocycles. The van der Waals surface area contributed by atoms with Crippen LogP contribution in [0.1, 0.15) is 46.0 Å². The fourth-order valence-electron chi connectivity index (χ4n) is 3.32. The van der Waals surface area contributed by atoms with Crippen LogP contribution in [-0.2, 0) is 0 Å². The summed E-state index contributed by atoms with van der Waals surface area (Å²) >= 11 is 4.41. The van der Waals surface area contributed by atoms with E-state index >= 15 is 0 Å². The lowest BCUT2D eigenvalue weighted by atomic mass is 9.82. The van der Waals surface area contributed by atoms with Crippen molar-refractivity contribution in [3.05, 3.63) is 0 Å². The topological polar surface area (TPSA) is 12.0 Å². The first kappa shape index (κ1) is 14.1. The molecule has 1 aliphatic heterocycles. The summed E-state index contributed by atoms with van der Waals surface area (Å²) in [4.78, 5) is 0. The van der Waals surface area contributed by atoms with E-state index in [-0.39, 0.29) is 0 Å². The van der Waals surface area contributed by atoms with E-state index in [2.05, 4.69) is 42.7 Å². The van der Waals surface area contributed by atoms with Crippen molar-refractivity contribution >= 4 is 23.5 Å². The number of nitrogens with one attached hydrogen (secondary N) is 1. The van der Waals surface area contributed by atoms with Crippen LogP contribution in [-0.4, -0.2) is 34.6 Å². The molecule has 3 atom stereocenters. The van der Waals surface area contributed by atoms with E-state index in [0.717, 1.165) is 29.0 Å². The van der Waals surface area contributed by atoms with E-state index in [0.29, 0.717) is 0 Å². The number of hydrogen-bond donors (Lipinski definition) is 1. The summed E-state index contributed by atoms with van der Waals surface area (Å²) in [5.41, 5.74) is 0. The van der Waals surface area contributed by atoms with Crippen molar-refractivity contribution < 1.29 is 0 Å². The fourth-order valence-corrected chi connectivity index (χ4v) is 6.37. The van der Waals surface area contributed by atoms with Crippen molar-refractivity contribution in [2.75, 3.05) is 18.1 Å². The third kappa shape index (κ3) is 3.81. The number of rotatable bonds is 4. The maximum Gasteiger partial charge on any atom is 0.0320 e. The Morgan fingerprint density at radius 3 is 2.47 bits per heavy atom. The molecular weight excluding hydrogens is 246 g/mol. The first-order valence-electron chi connectivity index (χ1n) is 7.29. The van der Waals surface area contributed by atoms with Crippen LogP contribution in [0.3, 0.4) is 0 Å². The second-order valence-electron chi connectivity index (χ2n) is 5.39. The molecule has 0 aromatic rings. The van der Waals surface area contributed by atoms with Gasteiger partial charge in [-0.1, -0.05) is 33.1 Å². The van der Waals surface area contributed by atoms with Crippen LogP contribution in [0.5, 0.6) is 0 Å². The highest BCUT2D eigenvalue weighted by atomic mass is 32.2. The molecule has 2 aliphatic rings. The number of hydrogen-bond acceptors (Lipinski definition) is 3. The highest BCUT2D eigenvalue weighted by molar-refractivity contribution is 8.07. The summed E-state index contributed by atoms with van der Waals surface area (Å²) in [7, 11) is 0. The summed E-state index contributed by atoms with van der Waals surface area (Å²) in [6.07, 6.45) is 7.33. The van der Waals surface area contributed by atoms with Gasteiger partial charge in [0.2, 0.25) is 0 Å². The lowest BCUT2D eigenvalue weighted by Gasteiger charge is -2.40. The van der Waals surface area contributed by atoms with E-state index in [1.54, 1.807) is 0 Å². The normalized spacial score (nSPS) is 33.5. The van der Waals surface area contributed by atoms with Crippen LogP contribution >= 0.6 is 23.5 Å². The molecule has 0 amide bonds. The van der Waals surface area contributed by atoms with Gasteiger partial charge in [-0.25, -0.2) is 0 Å². The van der Waals surface area contributed by atoms with Gasteiger partial charge in [0.1, 0.15) is 0 Å². The van der Waals surface area contributed by atoms with Gasteiger partial charge in [-0.15, -0.1) is 0 Å². The summed E-state index contributed by atoms with van der Waals surface area (Å²) in [5, 5.41) is 5.50. The lowest BCUT2D eigenvalue weighted by Crippen LogP contribution is -2.49. The Labute approximate surface area is 115 Å². The third-order valence-corrected chi connectivity index (χ3v) is 7.40. The molecule has 0 spiro atoms. The first-order valence-corrected chi connectivity index (χ1v) is 9.39. The van der Waals surface area contributed by atoms with Gasteiger partial charge in [0.05, 0.1) is 0 Å². The van der Waals surface area contributed by atoms with E-state index in [4.69, 9.17) is 0 Å². The Hall–Kier alpha value is 0.660. The average molecular weight is 274 g/mol. The van der Waals surface area contributed by atoms with Crippen LogP contribution in [0.2, 0.25) is 0 Å². The van der Waals surface area contributed by atoms with Crippen molar-refractivity contribution in [2.45, 2.75) is 62.5 Å². The second kappa shape index (κ2) is 7.30. The zero-order valence-electron chi connectivity index (χ0n) is 11.3. The number of thioether (sulfide) groups is 2. The van der Waals surface area contributed by atoms with Crippen LogP contribution in [0, 0.1) is 5.92 Å². The quantitative estimate of drug-likeness (QED) is 0.837. The smallest absolute Gasteiger partial charge is 0.0320 e. The van der Waals surface area contributed by atoms with Crippen molar-refractivity contribution in [3.8, 4) is 0 Å². The van der Waals surface area contributed by atoms with Crippen molar-refractivity contribution in [1.82, 2.24) is 5.32 Å². The van der Waals surface area contributed by atoms with Gasteiger partial charge >= 0.3 is 0 Å². The van der Waals surface area contributed by atoms with E-state index in [1.807, 2.05) is 0 Å². The van der Waals surface area contributed by atoms with Gasteiger partial charge in [0, 0.05) is 28.0 Å². The Bertz CT molecular complexity index is 216. The predicted octanol–water partition coefficient (Wildman–Crippen LogP) is 3.78. The Balaban J connectivity index is 1.98. The molecule has 0 radical (unpaired) electrons. The Morgan fingerprint density at radius 1 is 1.12 bits per heavy atom. The highest BCUT2D eigenvalue weighted by Gasteiger charge is 2.35. The standard InChI is InChI=1S/C14H27NS2/c1-3-15-13(12-7-5-4-6-8-12)14-11(2)16-9-10-17-14/h11-15H,3-10H2,1-2H3. The van der Waals surface area contributed by atoms with Gasteiger partial charge in [0.15, 0.2) is 0 Å². The summed E-state index contributed by atoms with van der Waals surface area (Å²) in [5.74, 6) is 3.66. The zero-order chi connectivity index (χ0) is 12.1. The molecule has 1 saturated heterocycles. The molecule has 3 heteroatoms. The minimum Gasteiger partial charge on any atom is -0.313 e. The zero-order valence-corrected chi connectivity index (χ0v) is 12.9. The lowest BCUT2D eigenvalue weighted by molar-refractivity contribution is 0.265. The monoisotopic (exact) mass is 273 g/mol. The molecule has 0 bridgehead atoms. The van der Waals surface area contributed by atoms with Crippen LogP contribution in [0.4, 0.5) is 0 Å². The maximum absolute atomic E-state index is 3.82. The fraction of sp³-hybridized carbons (Fsp3) is 1.00. The molecular formula is C14H27NS2. The second-order valence-corrected chi connectivity index (χ2v) is 8.16. The average Bonchev–Trinajstić information content (AvgIpc) is 2.38. The molecule has 100 valence electrons. The largest absolute Gasteiger partial charge is 0.313 e. The molecule has 1 nitrogen and oxygen atoms in total. The van der Waals surface area contributed by atoms with Crippen molar-refractivity contribution in [2.24, 2.45) is 5.92 Å². The van der Waals surface area contributed by atoms with Crippen LogP contribution in [0.25, 0.3) is 0 Å². The molecule has 1 heterocycles. The highest BCUT2D eigenvalue weighted by Crippen LogP contribution is 2.38. The van der Waals surface area contributed by atoms with Crippen LogP contribution in [0.15, 0.2) is 0 Å². The molecule has 1 aliphatic carbocycles. The molecule has 17 heavy (non-hydrogen) atoms. The Morgan fingerprint density at radius 2 is 1.82 bits per heavy atom. The van der Waals surface area contributed by atoms with E-state index < -0.39 is 0 Å². The minimum absolute atomic E-state index is 0.771. The van der Waals surface area contributed by atoms with Gasteiger partial charge in [-0.05, 0) is 25.3 Å². The minimum atomic E-state index is 0.771. The summed E-state index contributed by atoms with van der Waals surface area (Å²) < 4.78 is 0. The molecule has 3 unspecified atom stereocenters. The van der Waals surface area contributed by atoms with Gasteiger partial charge < -0.3 is 5.32 Å². The summed E-state index contributed by atoms with van der Waals surface area (Å²) in [6, 6.07) is 0.771. The maximum atomic E-state index is 3.82. The summed E-state index contributed by atoms with van der Waals surface area (Å²) in [6.45, 7) is 5.84. The molecule has 1 N–H and O–H groups in total. The van der Waals surface area contributed by atoms with Crippen molar-refractivity contribution in [3.63, 3.8) is 0 Å². The Kier molecular flexibility index (Phi) is 6.04. The SMILES string of the molecule is CCNC(C1CCCCC1)C1SCCSC1C. The van der Waals surface area contributed by atoms with E-state index in [9.17, 15) is 0 Å². The molecule has 0 aromatic carbocycles. The molecule has 1 saturated carbocycles. The van der Waals surface area contributed by atoms with E-state index in [1.165, 1.54) is 43.6 Å².